The molecule has 0 amide bonds. The van der Waals surface area contributed by atoms with Gasteiger partial charge in [-0.2, -0.15) is 0 Å². The minimum absolute atomic E-state index is 0.173. The van der Waals surface area contributed by atoms with Crippen molar-refractivity contribution in [1.29, 1.82) is 0 Å². The number of aromatic nitrogens is 1. The summed E-state index contributed by atoms with van der Waals surface area (Å²) in [7, 11) is 0. The summed E-state index contributed by atoms with van der Waals surface area (Å²) in [6.07, 6.45) is 2.19. The molecule has 3 N–H and O–H groups in total. The monoisotopic (exact) mass is 207 g/mol. The third-order valence-electron chi connectivity index (χ3n) is 2.50. The Bertz CT molecular complexity index is 297. The molecule has 1 atom stereocenters. The second-order valence-corrected chi connectivity index (χ2v) is 4.39. The molecule has 0 saturated heterocycles. The van der Waals surface area contributed by atoms with Crippen LogP contribution in [0, 0.1) is 12.8 Å². The van der Waals surface area contributed by atoms with Gasteiger partial charge >= 0.3 is 0 Å². The molecule has 84 valence electrons. The second-order valence-electron chi connectivity index (χ2n) is 4.39. The van der Waals surface area contributed by atoms with Crippen molar-refractivity contribution in [3.8, 4) is 0 Å². The van der Waals surface area contributed by atoms with Crippen molar-refractivity contribution in [3.63, 3.8) is 0 Å². The van der Waals surface area contributed by atoms with Crippen molar-refractivity contribution in [2.75, 3.05) is 0 Å². The van der Waals surface area contributed by atoms with Gasteiger partial charge in [-0.25, -0.2) is 0 Å². The van der Waals surface area contributed by atoms with Gasteiger partial charge in [0.25, 0.3) is 0 Å². The van der Waals surface area contributed by atoms with Crippen molar-refractivity contribution in [2.45, 2.75) is 39.7 Å². The zero-order chi connectivity index (χ0) is 11.3. The number of hydrogen-bond donors (Lipinski definition) is 2. The molecular weight excluding hydrogens is 186 g/mol. The third-order valence-corrected chi connectivity index (χ3v) is 2.50. The number of aryl methyl sites for hydroxylation is 1. The lowest BCUT2D eigenvalue weighted by Gasteiger charge is -2.16. The fraction of sp³-hybridized carbons (Fsp3) is 0.583. The first-order valence-electron chi connectivity index (χ1n) is 5.53. The van der Waals surface area contributed by atoms with Crippen molar-refractivity contribution in [2.24, 2.45) is 11.8 Å². The molecule has 1 heterocycles. The Hall–Kier alpha value is -0.930. The quantitative estimate of drug-likeness (QED) is 0.575. The van der Waals surface area contributed by atoms with E-state index in [0.29, 0.717) is 5.92 Å². The number of nitrogens with zero attached hydrogens (tertiary/aromatic N) is 1. The van der Waals surface area contributed by atoms with Crippen molar-refractivity contribution in [3.05, 3.63) is 29.6 Å². The molecule has 0 saturated carbocycles. The van der Waals surface area contributed by atoms with Crippen LogP contribution in [0.2, 0.25) is 0 Å². The Morgan fingerprint density at radius 2 is 2.07 bits per heavy atom. The van der Waals surface area contributed by atoms with Crippen LogP contribution in [0.5, 0.6) is 0 Å². The predicted molar refractivity (Wildman–Crippen MR) is 63.1 cm³/mol. The minimum atomic E-state index is 0.173. The highest BCUT2D eigenvalue weighted by molar-refractivity contribution is 5.13. The topological polar surface area (TPSA) is 50.9 Å². The van der Waals surface area contributed by atoms with Gasteiger partial charge in [0, 0.05) is 5.69 Å². The van der Waals surface area contributed by atoms with Gasteiger partial charge in [0.15, 0.2) is 0 Å². The van der Waals surface area contributed by atoms with E-state index in [2.05, 4.69) is 24.3 Å². The zero-order valence-corrected chi connectivity index (χ0v) is 9.83. The van der Waals surface area contributed by atoms with E-state index >= 15 is 0 Å². The molecule has 15 heavy (non-hydrogen) atoms. The Morgan fingerprint density at radius 3 is 2.60 bits per heavy atom. The maximum absolute atomic E-state index is 5.55. The summed E-state index contributed by atoms with van der Waals surface area (Å²) in [5.74, 6) is 6.25. The van der Waals surface area contributed by atoms with Gasteiger partial charge in [0.05, 0.1) is 11.7 Å². The first-order valence-corrected chi connectivity index (χ1v) is 5.53. The van der Waals surface area contributed by atoms with Crippen LogP contribution >= 0.6 is 0 Å². The lowest BCUT2D eigenvalue weighted by molar-refractivity contribution is 0.441. The maximum atomic E-state index is 5.55. The highest BCUT2D eigenvalue weighted by atomic mass is 15.2. The molecule has 0 fully saturated rings. The van der Waals surface area contributed by atoms with Crippen LogP contribution in [0.25, 0.3) is 0 Å². The van der Waals surface area contributed by atoms with Crippen LogP contribution in [-0.4, -0.2) is 4.98 Å². The van der Waals surface area contributed by atoms with Crippen LogP contribution in [0.1, 0.15) is 44.1 Å². The van der Waals surface area contributed by atoms with E-state index in [4.69, 9.17) is 5.84 Å². The van der Waals surface area contributed by atoms with Crippen LogP contribution in [0.15, 0.2) is 18.2 Å². The normalized spacial score (nSPS) is 13.1. The van der Waals surface area contributed by atoms with Crippen LogP contribution in [-0.2, 0) is 0 Å². The summed E-state index contributed by atoms with van der Waals surface area (Å²) in [6.45, 7) is 6.44. The number of rotatable bonds is 5. The number of nitrogens with one attached hydrogen (secondary N) is 1. The molecule has 0 aliphatic rings. The van der Waals surface area contributed by atoms with Crippen LogP contribution in [0.3, 0.4) is 0 Å². The predicted octanol–water partition coefficient (Wildman–Crippen LogP) is 2.33. The highest BCUT2D eigenvalue weighted by Gasteiger charge is 2.11. The molecule has 1 aromatic heterocycles. The molecule has 0 aliphatic carbocycles. The number of hydrazine groups is 1. The largest absolute Gasteiger partial charge is 0.271 e. The summed E-state index contributed by atoms with van der Waals surface area (Å²) >= 11 is 0. The standard InChI is InChI=1S/C12H21N3/c1-9(2)7-8-12(15-13)11-6-4-5-10(3)14-11/h4-6,9,12,15H,7-8,13H2,1-3H3. The number of pyridine rings is 1. The Balaban J connectivity index is 2.65. The van der Waals surface area contributed by atoms with E-state index in [-0.39, 0.29) is 6.04 Å². The maximum Gasteiger partial charge on any atom is 0.0632 e. The van der Waals surface area contributed by atoms with E-state index in [0.717, 1.165) is 24.2 Å². The molecule has 3 heteroatoms. The van der Waals surface area contributed by atoms with E-state index in [9.17, 15) is 0 Å². The van der Waals surface area contributed by atoms with E-state index in [1.54, 1.807) is 0 Å². The fourth-order valence-corrected chi connectivity index (χ4v) is 1.57. The Morgan fingerprint density at radius 1 is 1.33 bits per heavy atom. The summed E-state index contributed by atoms with van der Waals surface area (Å²) in [6, 6.07) is 6.22. The lowest BCUT2D eigenvalue weighted by Crippen LogP contribution is -2.29. The SMILES string of the molecule is Cc1cccc(C(CCC(C)C)NN)n1. The average Bonchev–Trinajstić information content (AvgIpc) is 2.18. The first-order chi connectivity index (χ1) is 7.13. The second kappa shape index (κ2) is 5.83. The van der Waals surface area contributed by atoms with Crippen molar-refractivity contribution in [1.82, 2.24) is 10.4 Å². The molecule has 0 aromatic carbocycles. The van der Waals surface area contributed by atoms with Gasteiger partial charge in [-0.05, 0) is 37.8 Å². The smallest absolute Gasteiger partial charge is 0.0632 e. The van der Waals surface area contributed by atoms with E-state index in [1.165, 1.54) is 0 Å². The molecule has 0 spiro atoms. The van der Waals surface area contributed by atoms with E-state index < -0.39 is 0 Å². The molecular formula is C12H21N3. The Kier molecular flexibility index (Phi) is 4.72. The van der Waals surface area contributed by atoms with Crippen LogP contribution < -0.4 is 11.3 Å². The number of hydrogen-bond acceptors (Lipinski definition) is 3. The van der Waals surface area contributed by atoms with Crippen molar-refractivity contribution < 1.29 is 0 Å². The molecule has 1 aromatic rings. The molecule has 0 aliphatic heterocycles. The minimum Gasteiger partial charge on any atom is -0.271 e. The van der Waals surface area contributed by atoms with Gasteiger partial charge in [-0.3, -0.25) is 16.3 Å². The van der Waals surface area contributed by atoms with E-state index in [1.807, 2.05) is 25.1 Å². The zero-order valence-electron chi connectivity index (χ0n) is 9.83. The number of nitrogens with two attached hydrogens (primary N) is 1. The Labute approximate surface area is 92.1 Å². The lowest BCUT2D eigenvalue weighted by atomic mass is 10.0. The molecule has 0 radical (unpaired) electrons. The van der Waals surface area contributed by atoms with Crippen LogP contribution in [0.4, 0.5) is 0 Å². The molecule has 0 bridgehead atoms. The van der Waals surface area contributed by atoms with Gasteiger partial charge in [0.1, 0.15) is 0 Å². The van der Waals surface area contributed by atoms with Gasteiger partial charge in [0.2, 0.25) is 0 Å². The summed E-state index contributed by atoms with van der Waals surface area (Å²) in [5.41, 5.74) is 4.92. The summed E-state index contributed by atoms with van der Waals surface area (Å²) in [4.78, 5) is 4.48. The fourth-order valence-electron chi connectivity index (χ4n) is 1.57. The van der Waals surface area contributed by atoms with Gasteiger partial charge < -0.3 is 0 Å². The average molecular weight is 207 g/mol. The molecule has 1 unspecified atom stereocenters. The molecule has 3 nitrogen and oxygen atoms in total. The van der Waals surface area contributed by atoms with Gasteiger partial charge in [-0.1, -0.05) is 19.9 Å². The summed E-state index contributed by atoms with van der Waals surface area (Å²) < 4.78 is 0. The summed E-state index contributed by atoms with van der Waals surface area (Å²) in [5, 5.41) is 0. The van der Waals surface area contributed by atoms with Gasteiger partial charge in [-0.15, -0.1) is 0 Å². The first kappa shape index (κ1) is 12.1. The highest BCUT2D eigenvalue weighted by Crippen LogP contribution is 2.18. The van der Waals surface area contributed by atoms with Crippen molar-refractivity contribution >= 4 is 0 Å². The molecule has 1 rings (SSSR count). The third kappa shape index (κ3) is 3.98.